The molecule has 0 spiro atoms. The summed E-state index contributed by atoms with van der Waals surface area (Å²) in [5, 5.41) is 8.85. The van der Waals surface area contributed by atoms with Gasteiger partial charge in [-0.3, -0.25) is 4.79 Å². The number of hydrogen-bond acceptors (Lipinski definition) is 5. The van der Waals surface area contributed by atoms with E-state index in [9.17, 15) is 4.79 Å². The number of fused-ring (bicyclic) bond motifs is 1. The van der Waals surface area contributed by atoms with Crippen LogP contribution in [0.5, 0.6) is 11.5 Å². The summed E-state index contributed by atoms with van der Waals surface area (Å²) < 4.78 is 10.8. The maximum atomic E-state index is 12.5. The highest BCUT2D eigenvalue weighted by Crippen LogP contribution is 2.39. The first-order chi connectivity index (χ1) is 12.0. The van der Waals surface area contributed by atoms with Crippen molar-refractivity contribution in [1.82, 2.24) is 4.81 Å². The molecule has 1 aliphatic rings. The molecule has 0 amide bonds. The van der Waals surface area contributed by atoms with E-state index in [2.05, 4.69) is 6.58 Å². The van der Waals surface area contributed by atoms with E-state index in [4.69, 9.17) is 22.6 Å². The molecule has 134 valence electrons. The average Bonchev–Trinajstić information content (AvgIpc) is 2.62. The van der Waals surface area contributed by atoms with Gasteiger partial charge in [0.15, 0.2) is 25.3 Å². The Morgan fingerprint density at radius 1 is 1.32 bits per heavy atom. The zero-order valence-corrected chi connectivity index (χ0v) is 15.1. The number of aliphatic hydroxyl groups excluding tert-OH is 1. The van der Waals surface area contributed by atoms with Crippen LogP contribution in [0.15, 0.2) is 24.3 Å². The van der Waals surface area contributed by atoms with Gasteiger partial charge in [0.25, 0.3) is 0 Å². The molecule has 0 saturated carbocycles. The van der Waals surface area contributed by atoms with Crippen LogP contribution < -0.4 is 9.47 Å². The fourth-order valence-corrected chi connectivity index (χ4v) is 3.18. The molecule has 2 radical (unpaired) electrons. The van der Waals surface area contributed by atoms with Crippen molar-refractivity contribution in [3.63, 3.8) is 0 Å². The summed E-state index contributed by atoms with van der Waals surface area (Å²) in [6, 6.07) is 3.68. The molecule has 6 heteroatoms. The molecule has 1 atom stereocenters. The molecule has 1 aromatic rings. The minimum atomic E-state index is -0.203. The normalized spacial score (nSPS) is 17.0. The lowest BCUT2D eigenvalue weighted by Gasteiger charge is -2.35. The number of ether oxygens (including phenoxy) is 2. The lowest BCUT2D eigenvalue weighted by Crippen LogP contribution is -2.35. The first kappa shape index (κ1) is 19.5. The van der Waals surface area contributed by atoms with E-state index in [1.165, 1.54) is 0 Å². The summed E-state index contributed by atoms with van der Waals surface area (Å²) in [7, 11) is 9.38. The van der Waals surface area contributed by atoms with Crippen molar-refractivity contribution >= 4 is 13.8 Å². The first-order valence-electron chi connectivity index (χ1n) is 8.59. The van der Waals surface area contributed by atoms with E-state index in [1.54, 1.807) is 19.0 Å². The highest BCUT2D eigenvalue weighted by Gasteiger charge is 2.28. The summed E-state index contributed by atoms with van der Waals surface area (Å²) >= 11 is 0. The maximum Gasteiger partial charge on any atom is 0.183 e. The van der Waals surface area contributed by atoms with Gasteiger partial charge >= 0.3 is 0 Å². The minimum Gasteiger partial charge on any atom is -0.493 e. The second-order valence-corrected chi connectivity index (χ2v) is 6.32. The van der Waals surface area contributed by atoms with Crippen molar-refractivity contribution in [2.45, 2.75) is 38.1 Å². The van der Waals surface area contributed by atoms with Gasteiger partial charge in [-0.25, -0.2) is 0 Å². The Bertz CT molecular complexity index is 632. The number of hydrogen-bond donors (Lipinski definition) is 1. The van der Waals surface area contributed by atoms with Crippen LogP contribution in [0.2, 0.25) is 0 Å². The predicted octanol–water partition coefficient (Wildman–Crippen LogP) is 2.36. The Hall–Kier alpha value is -1.79. The second kappa shape index (κ2) is 9.06. The van der Waals surface area contributed by atoms with E-state index < -0.39 is 0 Å². The fraction of sp³-hybridized carbons (Fsp3) is 0.526. The monoisotopic (exact) mass is 343 g/mol. The first-order valence-corrected chi connectivity index (χ1v) is 8.59. The Kier molecular flexibility index (Phi) is 7.08. The van der Waals surface area contributed by atoms with Gasteiger partial charge in [0, 0.05) is 19.1 Å². The van der Waals surface area contributed by atoms with Crippen LogP contribution >= 0.6 is 0 Å². The van der Waals surface area contributed by atoms with Crippen molar-refractivity contribution < 1.29 is 19.4 Å². The van der Waals surface area contributed by atoms with Gasteiger partial charge in [0.1, 0.15) is 0 Å². The van der Waals surface area contributed by atoms with Crippen LogP contribution in [0.25, 0.3) is 0 Å². The standard InChI is InChI=1S/C19H26BNO4/c1-13(6-4-5-9-22)17(23)12-16-15-11-19(25-3)18(24-2)10-14(15)7-8-21(16)20/h10-11,16,22H,1,4-9,12H2,2-3H3/t16-/m1/s1. The fourth-order valence-electron chi connectivity index (χ4n) is 3.18. The van der Waals surface area contributed by atoms with E-state index in [-0.39, 0.29) is 24.9 Å². The quantitative estimate of drug-likeness (QED) is 0.424. The van der Waals surface area contributed by atoms with E-state index in [0.29, 0.717) is 36.5 Å². The van der Waals surface area contributed by atoms with Crippen molar-refractivity contribution in [2.75, 3.05) is 27.4 Å². The molecular formula is C19H26BNO4. The number of carbonyl (C=O) groups excluding carboxylic acids is 1. The van der Waals surface area contributed by atoms with Gasteiger partial charge in [-0.1, -0.05) is 6.58 Å². The molecule has 25 heavy (non-hydrogen) atoms. The van der Waals surface area contributed by atoms with Crippen LogP contribution in [0.3, 0.4) is 0 Å². The third-order valence-corrected chi connectivity index (χ3v) is 4.70. The number of aliphatic hydroxyl groups is 1. The SMILES string of the molecule is [B]N1CCc2cc(OC)c(OC)cc2[C@H]1CC(=O)C(=C)CCCCO. The predicted molar refractivity (Wildman–Crippen MR) is 98.2 cm³/mol. The van der Waals surface area contributed by atoms with E-state index in [1.807, 2.05) is 12.1 Å². The van der Waals surface area contributed by atoms with Crippen molar-refractivity contribution in [3.05, 3.63) is 35.4 Å². The maximum absolute atomic E-state index is 12.5. The van der Waals surface area contributed by atoms with Gasteiger partial charge in [0.2, 0.25) is 0 Å². The molecule has 0 bridgehead atoms. The molecule has 2 rings (SSSR count). The lowest BCUT2D eigenvalue weighted by atomic mass is 9.86. The topological polar surface area (TPSA) is 59.0 Å². The van der Waals surface area contributed by atoms with Gasteiger partial charge in [0.05, 0.1) is 14.2 Å². The molecule has 1 aromatic carbocycles. The molecule has 0 unspecified atom stereocenters. The van der Waals surface area contributed by atoms with E-state index >= 15 is 0 Å². The van der Waals surface area contributed by atoms with Gasteiger partial charge < -0.3 is 19.4 Å². The number of rotatable bonds is 9. The summed E-state index contributed by atoms with van der Waals surface area (Å²) in [4.78, 5) is 14.3. The highest BCUT2D eigenvalue weighted by atomic mass is 16.5. The molecular weight excluding hydrogens is 317 g/mol. The van der Waals surface area contributed by atoms with Gasteiger partial charge in [-0.05, 0) is 61.1 Å². The number of Topliss-reactive ketones (excluding diaryl/α,β-unsaturated/α-hetero) is 1. The number of benzene rings is 1. The van der Waals surface area contributed by atoms with Crippen LogP contribution in [-0.4, -0.2) is 51.1 Å². The lowest BCUT2D eigenvalue weighted by molar-refractivity contribution is -0.116. The zero-order chi connectivity index (χ0) is 18.4. The third kappa shape index (κ3) is 4.64. The zero-order valence-electron chi connectivity index (χ0n) is 15.1. The number of methoxy groups -OCH3 is 2. The number of allylic oxidation sites excluding steroid dienone is 1. The molecule has 5 nitrogen and oxygen atoms in total. The summed E-state index contributed by atoms with van der Waals surface area (Å²) in [6.45, 7) is 4.71. The van der Waals surface area contributed by atoms with Crippen molar-refractivity contribution in [1.29, 1.82) is 0 Å². The van der Waals surface area contributed by atoms with Crippen molar-refractivity contribution in [2.24, 2.45) is 0 Å². The van der Waals surface area contributed by atoms with Crippen LogP contribution in [0.1, 0.15) is 42.9 Å². The largest absolute Gasteiger partial charge is 0.493 e. The van der Waals surface area contributed by atoms with Crippen molar-refractivity contribution in [3.8, 4) is 11.5 Å². The average molecular weight is 343 g/mol. The van der Waals surface area contributed by atoms with Crippen LogP contribution in [0.4, 0.5) is 0 Å². The molecule has 0 aliphatic carbocycles. The van der Waals surface area contributed by atoms with Crippen LogP contribution in [0, 0.1) is 0 Å². The summed E-state index contributed by atoms with van der Waals surface area (Å²) in [5.41, 5.74) is 2.72. The molecule has 0 aromatic heterocycles. The molecule has 0 fully saturated rings. The molecule has 1 heterocycles. The van der Waals surface area contributed by atoms with E-state index in [0.717, 1.165) is 24.0 Å². The number of carbonyl (C=O) groups is 1. The van der Waals surface area contributed by atoms with Crippen LogP contribution in [-0.2, 0) is 11.2 Å². The number of ketones is 1. The molecule has 1 aliphatic heterocycles. The summed E-state index contributed by atoms with van der Waals surface area (Å²) in [5.74, 6) is 1.34. The smallest absolute Gasteiger partial charge is 0.183 e. The third-order valence-electron chi connectivity index (χ3n) is 4.70. The number of nitrogens with zero attached hydrogens (tertiary/aromatic N) is 1. The highest BCUT2D eigenvalue weighted by molar-refractivity contribution is 6.05. The molecule has 0 saturated heterocycles. The Morgan fingerprint density at radius 3 is 2.64 bits per heavy atom. The molecule has 1 N–H and O–H groups in total. The second-order valence-electron chi connectivity index (χ2n) is 6.32. The Morgan fingerprint density at radius 2 is 2.00 bits per heavy atom. The summed E-state index contributed by atoms with van der Waals surface area (Å²) in [6.07, 6.45) is 3.14. The Balaban J connectivity index is 2.19. The Labute approximate surface area is 151 Å². The number of unbranched alkanes of at least 4 members (excludes halogenated alkanes) is 1. The van der Waals surface area contributed by atoms with Gasteiger partial charge in [-0.15, -0.1) is 0 Å². The van der Waals surface area contributed by atoms with Gasteiger partial charge in [-0.2, -0.15) is 0 Å². The minimum absolute atomic E-state index is 0.0148.